The van der Waals surface area contributed by atoms with Gasteiger partial charge in [-0.1, -0.05) is 58.4 Å². The van der Waals surface area contributed by atoms with Crippen molar-refractivity contribution < 1.29 is 4.79 Å². The average Bonchev–Trinajstić information content (AvgIpc) is 2.73. The third-order valence-electron chi connectivity index (χ3n) is 4.23. The van der Waals surface area contributed by atoms with Crippen molar-refractivity contribution in [1.82, 2.24) is 0 Å². The van der Waals surface area contributed by atoms with E-state index in [0.29, 0.717) is 11.7 Å². The minimum Gasteiger partial charge on any atom is -0.294 e. The lowest BCUT2D eigenvalue weighted by atomic mass is 9.84. The van der Waals surface area contributed by atoms with E-state index < -0.39 is 0 Å². The van der Waals surface area contributed by atoms with Crippen LogP contribution in [0.3, 0.4) is 0 Å². The maximum atomic E-state index is 12.4. The first kappa shape index (κ1) is 13.3. The van der Waals surface area contributed by atoms with Crippen molar-refractivity contribution in [2.24, 2.45) is 11.8 Å². The molecule has 1 saturated carbocycles. The SMILES string of the molecule is CC1CCCC1C(=O)c1ccc(C(C)(C)C)cc1. The number of ketones is 1. The number of rotatable bonds is 2. The van der Waals surface area contributed by atoms with E-state index in [1.807, 2.05) is 12.1 Å². The third-order valence-corrected chi connectivity index (χ3v) is 4.23. The van der Waals surface area contributed by atoms with Crippen molar-refractivity contribution in [2.75, 3.05) is 0 Å². The molecule has 1 aliphatic rings. The molecule has 2 rings (SSSR count). The maximum Gasteiger partial charge on any atom is 0.166 e. The molecule has 2 atom stereocenters. The molecule has 0 saturated heterocycles. The lowest BCUT2D eigenvalue weighted by Crippen LogP contribution is -2.17. The van der Waals surface area contributed by atoms with Gasteiger partial charge in [-0.3, -0.25) is 4.79 Å². The number of hydrogen-bond acceptors (Lipinski definition) is 1. The molecule has 0 amide bonds. The molecular weight excluding hydrogens is 220 g/mol. The van der Waals surface area contributed by atoms with Gasteiger partial charge in [-0.15, -0.1) is 0 Å². The number of carbonyl (C=O) groups excluding carboxylic acids is 1. The predicted molar refractivity (Wildman–Crippen MR) is 76.0 cm³/mol. The van der Waals surface area contributed by atoms with Gasteiger partial charge in [0, 0.05) is 11.5 Å². The van der Waals surface area contributed by atoms with Gasteiger partial charge in [-0.05, 0) is 29.7 Å². The zero-order valence-electron chi connectivity index (χ0n) is 12.0. The summed E-state index contributed by atoms with van der Waals surface area (Å²) in [6.07, 6.45) is 3.48. The minimum atomic E-state index is 0.155. The standard InChI is InChI=1S/C17H24O/c1-12-6-5-7-15(12)16(18)13-8-10-14(11-9-13)17(2,3)4/h8-12,15H,5-7H2,1-4H3. The highest BCUT2D eigenvalue weighted by Crippen LogP contribution is 2.34. The predicted octanol–water partition coefficient (Wildman–Crippen LogP) is 4.60. The van der Waals surface area contributed by atoms with Gasteiger partial charge in [0.15, 0.2) is 5.78 Å². The largest absolute Gasteiger partial charge is 0.294 e. The second-order valence-electron chi connectivity index (χ2n) is 6.71. The van der Waals surface area contributed by atoms with Crippen LogP contribution >= 0.6 is 0 Å². The van der Waals surface area contributed by atoms with Crippen LogP contribution in [0.25, 0.3) is 0 Å². The maximum absolute atomic E-state index is 12.4. The van der Waals surface area contributed by atoms with Gasteiger partial charge in [-0.25, -0.2) is 0 Å². The fourth-order valence-electron chi connectivity index (χ4n) is 2.88. The van der Waals surface area contributed by atoms with Crippen LogP contribution in [0.1, 0.15) is 62.9 Å². The van der Waals surface area contributed by atoms with E-state index in [9.17, 15) is 4.79 Å². The van der Waals surface area contributed by atoms with Crippen LogP contribution in [-0.4, -0.2) is 5.78 Å². The first-order valence-electron chi connectivity index (χ1n) is 7.04. The topological polar surface area (TPSA) is 17.1 Å². The molecule has 0 spiro atoms. The Kier molecular flexibility index (Phi) is 3.61. The van der Waals surface area contributed by atoms with E-state index in [4.69, 9.17) is 0 Å². The third kappa shape index (κ3) is 2.66. The summed E-state index contributed by atoms with van der Waals surface area (Å²) in [4.78, 5) is 12.4. The van der Waals surface area contributed by atoms with Crippen LogP contribution in [0, 0.1) is 11.8 Å². The molecule has 0 radical (unpaired) electrons. The summed E-state index contributed by atoms with van der Waals surface area (Å²) in [5, 5.41) is 0. The molecule has 0 N–H and O–H groups in total. The van der Waals surface area contributed by atoms with Gasteiger partial charge in [0.1, 0.15) is 0 Å². The highest BCUT2D eigenvalue weighted by molar-refractivity contribution is 5.98. The monoisotopic (exact) mass is 244 g/mol. The summed E-state index contributed by atoms with van der Waals surface area (Å²) >= 11 is 0. The van der Waals surface area contributed by atoms with Gasteiger partial charge >= 0.3 is 0 Å². The molecule has 0 aromatic heterocycles. The van der Waals surface area contributed by atoms with Crippen molar-refractivity contribution in [3.05, 3.63) is 35.4 Å². The van der Waals surface area contributed by atoms with E-state index in [1.54, 1.807) is 0 Å². The van der Waals surface area contributed by atoms with Crippen LogP contribution in [0.15, 0.2) is 24.3 Å². The van der Waals surface area contributed by atoms with E-state index in [0.717, 1.165) is 12.0 Å². The van der Waals surface area contributed by atoms with Crippen molar-refractivity contribution in [3.8, 4) is 0 Å². The molecule has 98 valence electrons. The van der Waals surface area contributed by atoms with E-state index in [1.165, 1.54) is 18.4 Å². The highest BCUT2D eigenvalue weighted by Gasteiger charge is 2.30. The summed E-state index contributed by atoms with van der Waals surface area (Å²) < 4.78 is 0. The van der Waals surface area contributed by atoms with E-state index in [-0.39, 0.29) is 11.3 Å². The summed E-state index contributed by atoms with van der Waals surface area (Å²) in [7, 11) is 0. The van der Waals surface area contributed by atoms with Crippen LogP contribution in [0.2, 0.25) is 0 Å². The molecular formula is C17H24O. The fraction of sp³-hybridized carbons (Fsp3) is 0.588. The summed E-state index contributed by atoms with van der Waals surface area (Å²) in [5.74, 6) is 1.16. The molecule has 1 nitrogen and oxygen atoms in total. The van der Waals surface area contributed by atoms with E-state index in [2.05, 4.69) is 39.8 Å². The smallest absolute Gasteiger partial charge is 0.166 e. The summed E-state index contributed by atoms with van der Waals surface area (Å²) in [5.41, 5.74) is 2.34. The quantitative estimate of drug-likeness (QED) is 0.695. The van der Waals surface area contributed by atoms with Gasteiger partial charge in [-0.2, -0.15) is 0 Å². The molecule has 1 fully saturated rings. The zero-order chi connectivity index (χ0) is 13.3. The molecule has 1 aliphatic carbocycles. The number of benzene rings is 1. The molecule has 1 heteroatoms. The normalized spacial score (nSPS) is 24.2. The van der Waals surface area contributed by atoms with E-state index >= 15 is 0 Å². The van der Waals surface area contributed by atoms with Gasteiger partial charge in [0.05, 0.1) is 0 Å². The number of hydrogen-bond donors (Lipinski definition) is 0. The van der Waals surface area contributed by atoms with Crippen molar-refractivity contribution in [2.45, 2.75) is 52.4 Å². The second-order valence-corrected chi connectivity index (χ2v) is 6.71. The van der Waals surface area contributed by atoms with Crippen molar-refractivity contribution >= 4 is 5.78 Å². The van der Waals surface area contributed by atoms with Crippen LogP contribution < -0.4 is 0 Å². The Morgan fingerprint density at radius 3 is 2.17 bits per heavy atom. The molecule has 1 aromatic rings. The molecule has 18 heavy (non-hydrogen) atoms. The molecule has 1 aromatic carbocycles. The Bertz CT molecular complexity index is 422. The average molecular weight is 244 g/mol. The first-order valence-corrected chi connectivity index (χ1v) is 7.04. The highest BCUT2D eigenvalue weighted by atomic mass is 16.1. The van der Waals surface area contributed by atoms with Crippen molar-refractivity contribution in [1.29, 1.82) is 0 Å². The molecule has 0 heterocycles. The van der Waals surface area contributed by atoms with Gasteiger partial charge in [0.25, 0.3) is 0 Å². The van der Waals surface area contributed by atoms with Crippen molar-refractivity contribution in [3.63, 3.8) is 0 Å². The zero-order valence-corrected chi connectivity index (χ0v) is 12.0. The lowest BCUT2D eigenvalue weighted by Gasteiger charge is -2.20. The minimum absolute atomic E-state index is 0.155. The van der Waals surface area contributed by atoms with Gasteiger partial charge < -0.3 is 0 Å². The molecule has 0 bridgehead atoms. The lowest BCUT2D eigenvalue weighted by molar-refractivity contribution is 0.0897. The Morgan fingerprint density at radius 1 is 1.11 bits per heavy atom. The van der Waals surface area contributed by atoms with Gasteiger partial charge in [0.2, 0.25) is 0 Å². The Labute approximate surface area is 111 Å². The fourth-order valence-corrected chi connectivity index (χ4v) is 2.88. The molecule has 0 aliphatic heterocycles. The van der Waals surface area contributed by atoms with Crippen LogP contribution in [0.5, 0.6) is 0 Å². The van der Waals surface area contributed by atoms with Crippen LogP contribution in [0.4, 0.5) is 0 Å². The Hall–Kier alpha value is -1.11. The summed E-state index contributed by atoms with van der Waals surface area (Å²) in [6.45, 7) is 8.80. The molecule has 2 unspecified atom stereocenters. The number of Topliss-reactive ketones (excluding diaryl/α,β-unsaturated/α-hetero) is 1. The Morgan fingerprint density at radius 2 is 1.72 bits per heavy atom. The second kappa shape index (κ2) is 4.87. The van der Waals surface area contributed by atoms with Crippen LogP contribution in [-0.2, 0) is 5.41 Å². The first-order chi connectivity index (χ1) is 8.39. The summed E-state index contributed by atoms with van der Waals surface area (Å²) in [6, 6.07) is 8.22. The Balaban J connectivity index is 2.17. The number of carbonyl (C=O) groups is 1.